The molecule has 1 amide bonds. The van der Waals surface area contributed by atoms with Crippen molar-refractivity contribution in [2.45, 2.75) is 12.8 Å². The lowest BCUT2D eigenvalue weighted by molar-refractivity contribution is -0.121. The van der Waals surface area contributed by atoms with E-state index in [1.54, 1.807) is 7.11 Å². The second kappa shape index (κ2) is 10.9. The summed E-state index contributed by atoms with van der Waals surface area (Å²) in [6, 6.07) is 0. The molecule has 0 saturated carbocycles. The predicted molar refractivity (Wildman–Crippen MR) is 65.5 cm³/mol. The Morgan fingerprint density at radius 3 is 2.69 bits per heavy atom. The molecule has 0 bridgehead atoms. The summed E-state index contributed by atoms with van der Waals surface area (Å²) in [6.07, 6.45) is 1.49. The van der Waals surface area contributed by atoms with Gasteiger partial charge in [-0.1, -0.05) is 0 Å². The van der Waals surface area contributed by atoms with Gasteiger partial charge in [-0.25, -0.2) is 0 Å². The molecule has 0 aliphatic rings. The Morgan fingerprint density at radius 1 is 1.31 bits per heavy atom. The first-order valence-electron chi connectivity index (χ1n) is 5.79. The summed E-state index contributed by atoms with van der Waals surface area (Å²) >= 11 is 0. The number of amides is 1. The van der Waals surface area contributed by atoms with Gasteiger partial charge in [-0.15, -0.1) is 0 Å². The summed E-state index contributed by atoms with van der Waals surface area (Å²) in [7, 11) is 5.60. The molecule has 0 rings (SSSR count). The molecule has 0 heterocycles. The van der Waals surface area contributed by atoms with Crippen molar-refractivity contribution < 1.29 is 9.53 Å². The van der Waals surface area contributed by atoms with E-state index in [2.05, 4.69) is 15.5 Å². The molecule has 0 fully saturated rings. The second-order valence-corrected chi connectivity index (χ2v) is 3.85. The Kier molecular flexibility index (Phi) is 10.4. The summed E-state index contributed by atoms with van der Waals surface area (Å²) < 4.78 is 4.97. The van der Waals surface area contributed by atoms with Crippen LogP contribution in [0.15, 0.2) is 0 Å². The van der Waals surface area contributed by atoms with E-state index in [0.29, 0.717) is 13.0 Å². The smallest absolute Gasteiger partial charge is 0.220 e. The Bertz CT molecular complexity index is 177. The molecule has 5 heteroatoms. The number of likely N-dealkylation sites (N-methyl/N-ethyl adjacent to an activating group) is 1. The average Bonchev–Trinajstić information content (AvgIpc) is 2.26. The van der Waals surface area contributed by atoms with Gasteiger partial charge in [0.25, 0.3) is 0 Å². The first-order valence-corrected chi connectivity index (χ1v) is 5.79. The molecule has 0 aliphatic carbocycles. The van der Waals surface area contributed by atoms with Crippen molar-refractivity contribution in [1.29, 1.82) is 0 Å². The highest BCUT2D eigenvalue weighted by atomic mass is 16.5. The van der Waals surface area contributed by atoms with Gasteiger partial charge >= 0.3 is 0 Å². The summed E-state index contributed by atoms with van der Waals surface area (Å²) in [6.45, 7) is 4.08. The van der Waals surface area contributed by atoms with E-state index in [1.165, 1.54) is 0 Å². The van der Waals surface area contributed by atoms with Gasteiger partial charge in [0, 0.05) is 33.2 Å². The van der Waals surface area contributed by atoms with Crippen LogP contribution < -0.4 is 10.6 Å². The maximum Gasteiger partial charge on any atom is 0.220 e. The lowest BCUT2D eigenvalue weighted by atomic mass is 10.3. The molecule has 0 aromatic heterocycles. The van der Waals surface area contributed by atoms with Gasteiger partial charge in [-0.05, 0) is 27.1 Å². The Hall–Kier alpha value is -0.650. The van der Waals surface area contributed by atoms with Crippen molar-refractivity contribution >= 4 is 5.91 Å². The highest BCUT2D eigenvalue weighted by molar-refractivity contribution is 5.75. The van der Waals surface area contributed by atoms with Gasteiger partial charge in [0.1, 0.15) is 0 Å². The lowest BCUT2D eigenvalue weighted by Crippen LogP contribution is -2.34. The van der Waals surface area contributed by atoms with Gasteiger partial charge in [-0.2, -0.15) is 0 Å². The van der Waals surface area contributed by atoms with E-state index in [-0.39, 0.29) is 5.91 Å². The van der Waals surface area contributed by atoms with Crippen molar-refractivity contribution in [3.8, 4) is 0 Å². The van der Waals surface area contributed by atoms with Crippen LogP contribution in [0.4, 0.5) is 0 Å². The van der Waals surface area contributed by atoms with E-state index in [1.807, 2.05) is 14.1 Å². The van der Waals surface area contributed by atoms with Crippen LogP contribution in [-0.2, 0) is 9.53 Å². The molecule has 0 unspecified atom stereocenters. The van der Waals surface area contributed by atoms with E-state index in [4.69, 9.17) is 4.74 Å². The molecular weight excluding hydrogens is 206 g/mol. The summed E-state index contributed by atoms with van der Waals surface area (Å²) in [5.74, 6) is 0.135. The van der Waals surface area contributed by atoms with Gasteiger partial charge in [0.2, 0.25) is 5.91 Å². The molecule has 0 atom stereocenters. The van der Waals surface area contributed by atoms with Crippen molar-refractivity contribution in [2.24, 2.45) is 0 Å². The number of hydrogen-bond acceptors (Lipinski definition) is 4. The molecule has 0 spiro atoms. The molecule has 0 aromatic carbocycles. The highest BCUT2D eigenvalue weighted by Gasteiger charge is 2.01. The van der Waals surface area contributed by atoms with Gasteiger partial charge in [-0.3, -0.25) is 4.79 Å². The summed E-state index contributed by atoms with van der Waals surface area (Å²) in [4.78, 5) is 13.5. The maximum atomic E-state index is 11.3. The zero-order chi connectivity index (χ0) is 12.2. The highest BCUT2D eigenvalue weighted by Crippen LogP contribution is 1.87. The molecule has 0 aliphatic heterocycles. The van der Waals surface area contributed by atoms with Crippen LogP contribution in [0.3, 0.4) is 0 Å². The molecule has 2 N–H and O–H groups in total. The molecule has 0 saturated heterocycles. The number of nitrogens with one attached hydrogen (secondary N) is 2. The van der Waals surface area contributed by atoms with E-state index in [0.717, 1.165) is 32.7 Å². The zero-order valence-corrected chi connectivity index (χ0v) is 10.7. The number of carbonyl (C=O) groups excluding carboxylic acids is 1. The van der Waals surface area contributed by atoms with Crippen molar-refractivity contribution in [2.75, 3.05) is 54.0 Å². The quantitative estimate of drug-likeness (QED) is 0.506. The summed E-state index contributed by atoms with van der Waals surface area (Å²) in [5.41, 5.74) is 0. The SMILES string of the molecule is CNCCCC(=O)NCCN(C)CCOC. The molecule has 5 nitrogen and oxygen atoms in total. The number of nitrogens with zero attached hydrogens (tertiary/aromatic N) is 1. The summed E-state index contributed by atoms with van der Waals surface area (Å²) in [5, 5.41) is 5.92. The van der Waals surface area contributed by atoms with Crippen molar-refractivity contribution in [1.82, 2.24) is 15.5 Å². The fourth-order valence-corrected chi connectivity index (χ4v) is 1.26. The molecule has 0 radical (unpaired) electrons. The van der Waals surface area contributed by atoms with Crippen molar-refractivity contribution in [3.63, 3.8) is 0 Å². The third kappa shape index (κ3) is 9.89. The predicted octanol–water partition coefficient (Wildman–Crippen LogP) is -0.320. The minimum absolute atomic E-state index is 0.135. The van der Waals surface area contributed by atoms with Crippen LogP contribution in [0.25, 0.3) is 0 Å². The maximum absolute atomic E-state index is 11.3. The van der Waals surface area contributed by atoms with Gasteiger partial charge in [0.05, 0.1) is 6.61 Å². The largest absolute Gasteiger partial charge is 0.383 e. The topological polar surface area (TPSA) is 53.6 Å². The first-order chi connectivity index (χ1) is 7.70. The minimum Gasteiger partial charge on any atom is -0.383 e. The van der Waals surface area contributed by atoms with E-state index >= 15 is 0 Å². The minimum atomic E-state index is 0.135. The first kappa shape index (κ1) is 15.3. The van der Waals surface area contributed by atoms with Crippen LogP contribution in [0.2, 0.25) is 0 Å². The molecular formula is C11H25N3O2. The van der Waals surface area contributed by atoms with Crippen LogP contribution in [0, 0.1) is 0 Å². The molecule has 16 heavy (non-hydrogen) atoms. The van der Waals surface area contributed by atoms with Crippen LogP contribution >= 0.6 is 0 Å². The number of carbonyl (C=O) groups is 1. The van der Waals surface area contributed by atoms with Crippen LogP contribution in [-0.4, -0.2) is 64.8 Å². The Morgan fingerprint density at radius 2 is 2.06 bits per heavy atom. The van der Waals surface area contributed by atoms with Crippen LogP contribution in [0.5, 0.6) is 0 Å². The molecule has 0 aromatic rings. The van der Waals surface area contributed by atoms with E-state index < -0.39 is 0 Å². The van der Waals surface area contributed by atoms with Gasteiger partial charge in [0.15, 0.2) is 0 Å². The average molecular weight is 231 g/mol. The zero-order valence-electron chi connectivity index (χ0n) is 10.7. The third-order valence-corrected chi connectivity index (χ3v) is 2.32. The fraction of sp³-hybridized carbons (Fsp3) is 0.909. The number of rotatable bonds is 10. The van der Waals surface area contributed by atoms with E-state index in [9.17, 15) is 4.79 Å². The van der Waals surface area contributed by atoms with Gasteiger partial charge < -0.3 is 20.3 Å². The lowest BCUT2D eigenvalue weighted by Gasteiger charge is -2.16. The second-order valence-electron chi connectivity index (χ2n) is 3.85. The Labute approximate surface area is 98.5 Å². The number of hydrogen-bond donors (Lipinski definition) is 2. The Balaban J connectivity index is 3.32. The number of ether oxygens (including phenoxy) is 1. The standard InChI is InChI=1S/C11H25N3O2/c1-12-6-4-5-11(15)13-7-8-14(2)9-10-16-3/h12H,4-10H2,1-3H3,(H,13,15). The fourth-order valence-electron chi connectivity index (χ4n) is 1.26. The van der Waals surface area contributed by atoms with Crippen LogP contribution in [0.1, 0.15) is 12.8 Å². The van der Waals surface area contributed by atoms with Crippen molar-refractivity contribution in [3.05, 3.63) is 0 Å². The monoisotopic (exact) mass is 231 g/mol. The molecule has 96 valence electrons. The number of methoxy groups -OCH3 is 1. The third-order valence-electron chi connectivity index (χ3n) is 2.32. The normalized spacial score (nSPS) is 10.8.